The van der Waals surface area contributed by atoms with Crippen LogP contribution in [0.4, 0.5) is 13.2 Å². The number of aryl methyl sites for hydroxylation is 2. The van der Waals surface area contributed by atoms with Crippen LogP contribution in [0.25, 0.3) is 0 Å². The number of alkyl halides is 3. The van der Waals surface area contributed by atoms with Crippen molar-refractivity contribution in [3.63, 3.8) is 0 Å². The summed E-state index contributed by atoms with van der Waals surface area (Å²) in [5.41, 5.74) is 0.474. The molecule has 0 aromatic carbocycles. The minimum atomic E-state index is -4.08. The van der Waals surface area contributed by atoms with E-state index in [-0.39, 0.29) is 6.42 Å². The maximum Gasteiger partial charge on any atom is 0.389 e. The van der Waals surface area contributed by atoms with Gasteiger partial charge >= 0.3 is 6.18 Å². The molecule has 0 saturated carbocycles. The lowest BCUT2D eigenvalue weighted by Crippen LogP contribution is -2.37. The largest absolute Gasteiger partial charge is 0.389 e. The third-order valence-corrected chi connectivity index (χ3v) is 4.53. The second kappa shape index (κ2) is 5.57. The van der Waals surface area contributed by atoms with Gasteiger partial charge in [-0.3, -0.25) is 0 Å². The van der Waals surface area contributed by atoms with E-state index >= 15 is 0 Å². The molecule has 0 aliphatic carbocycles. The lowest BCUT2D eigenvalue weighted by molar-refractivity contribution is -0.136. The maximum atomic E-state index is 12.2. The van der Waals surface area contributed by atoms with Crippen molar-refractivity contribution in [3.8, 4) is 0 Å². The van der Waals surface area contributed by atoms with Crippen LogP contribution in [0.1, 0.15) is 41.8 Å². The zero-order chi connectivity index (χ0) is 14.0. The number of nitrogens with zero attached hydrogens (tertiary/aromatic N) is 1. The Morgan fingerprint density at radius 2 is 1.83 bits per heavy atom. The Balaban J connectivity index is 2.73. The summed E-state index contributed by atoms with van der Waals surface area (Å²) in [5.74, 6) is 0. The van der Waals surface area contributed by atoms with Gasteiger partial charge in [0.05, 0.1) is 11.2 Å². The Hall–Kier alpha value is -0.620. The summed E-state index contributed by atoms with van der Waals surface area (Å²) >= 11 is 1.55. The van der Waals surface area contributed by atoms with E-state index in [2.05, 4.69) is 10.3 Å². The number of thiazole rings is 1. The van der Waals surface area contributed by atoms with Gasteiger partial charge < -0.3 is 5.32 Å². The van der Waals surface area contributed by atoms with Crippen molar-refractivity contribution in [3.05, 3.63) is 15.6 Å². The summed E-state index contributed by atoms with van der Waals surface area (Å²) in [6, 6.07) is 0. The molecular formula is C12H19F3N2S. The van der Waals surface area contributed by atoms with Crippen molar-refractivity contribution in [2.24, 2.45) is 0 Å². The van der Waals surface area contributed by atoms with Crippen LogP contribution in [0.5, 0.6) is 0 Å². The van der Waals surface area contributed by atoms with Crippen molar-refractivity contribution >= 4 is 11.3 Å². The van der Waals surface area contributed by atoms with Crippen LogP contribution in [0, 0.1) is 13.8 Å². The molecule has 104 valence electrons. The van der Waals surface area contributed by atoms with Crippen molar-refractivity contribution < 1.29 is 13.2 Å². The Morgan fingerprint density at radius 1 is 1.22 bits per heavy atom. The van der Waals surface area contributed by atoms with Gasteiger partial charge in [-0.25, -0.2) is 4.98 Å². The molecule has 1 unspecified atom stereocenters. The van der Waals surface area contributed by atoms with E-state index < -0.39 is 18.1 Å². The molecule has 0 saturated heterocycles. The Bertz CT molecular complexity index is 381. The first-order valence-electron chi connectivity index (χ1n) is 5.88. The highest BCUT2D eigenvalue weighted by atomic mass is 32.1. The molecule has 0 fully saturated rings. The first kappa shape index (κ1) is 15.4. The summed E-state index contributed by atoms with van der Waals surface area (Å²) in [5, 5.41) is 3.97. The number of rotatable bonds is 5. The third-order valence-electron chi connectivity index (χ3n) is 3.19. The van der Waals surface area contributed by atoms with Crippen LogP contribution < -0.4 is 5.32 Å². The fourth-order valence-electron chi connectivity index (χ4n) is 1.69. The molecule has 0 amide bonds. The zero-order valence-electron chi connectivity index (χ0n) is 11.1. The van der Waals surface area contributed by atoms with Gasteiger partial charge in [0.25, 0.3) is 0 Å². The lowest BCUT2D eigenvalue weighted by Gasteiger charge is -2.27. The highest BCUT2D eigenvalue weighted by Gasteiger charge is 2.32. The van der Waals surface area contributed by atoms with Gasteiger partial charge in [-0.2, -0.15) is 13.2 Å². The monoisotopic (exact) mass is 280 g/mol. The maximum absolute atomic E-state index is 12.2. The molecule has 6 heteroatoms. The van der Waals surface area contributed by atoms with Crippen LogP contribution in [0.3, 0.4) is 0 Å². The SMILES string of the molecule is CNC(C)(CCCC(F)(F)F)c1nc(C)c(C)s1. The van der Waals surface area contributed by atoms with Crippen LogP contribution in [-0.2, 0) is 5.54 Å². The van der Waals surface area contributed by atoms with Gasteiger partial charge in [0, 0.05) is 11.3 Å². The van der Waals surface area contributed by atoms with Crippen molar-refractivity contribution in [2.45, 2.75) is 51.7 Å². The van der Waals surface area contributed by atoms with Crippen LogP contribution in [0.15, 0.2) is 0 Å². The number of hydrogen-bond acceptors (Lipinski definition) is 3. The molecule has 2 nitrogen and oxygen atoms in total. The smallest absolute Gasteiger partial charge is 0.309 e. The van der Waals surface area contributed by atoms with Gasteiger partial charge in [-0.05, 0) is 40.7 Å². The van der Waals surface area contributed by atoms with Gasteiger partial charge in [0.1, 0.15) is 5.01 Å². The highest BCUT2D eigenvalue weighted by molar-refractivity contribution is 7.11. The van der Waals surface area contributed by atoms with Gasteiger partial charge in [0.2, 0.25) is 0 Å². The Labute approximate surface area is 110 Å². The van der Waals surface area contributed by atoms with Crippen molar-refractivity contribution in [2.75, 3.05) is 7.05 Å². The molecular weight excluding hydrogens is 261 g/mol. The van der Waals surface area contributed by atoms with Gasteiger partial charge in [-0.1, -0.05) is 0 Å². The first-order valence-corrected chi connectivity index (χ1v) is 6.70. The summed E-state index contributed by atoms with van der Waals surface area (Å²) in [6.45, 7) is 5.80. The van der Waals surface area contributed by atoms with Crippen molar-refractivity contribution in [1.82, 2.24) is 10.3 Å². The fraction of sp³-hybridized carbons (Fsp3) is 0.750. The summed E-state index contributed by atoms with van der Waals surface area (Å²) in [4.78, 5) is 5.56. The minimum absolute atomic E-state index is 0.110. The summed E-state index contributed by atoms with van der Waals surface area (Å²) < 4.78 is 36.5. The van der Waals surface area contributed by atoms with E-state index in [1.165, 1.54) is 0 Å². The average Bonchev–Trinajstić information content (AvgIpc) is 2.58. The second-order valence-electron chi connectivity index (χ2n) is 4.71. The van der Waals surface area contributed by atoms with Gasteiger partial charge in [0.15, 0.2) is 0 Å². The lowest BCUT2D eigenvalue weighted by atomic mass is 9.95. The van der Waals surface area contributed by atoms with Gasteiger partial charge in [-0.15, -0.1) is 11.3 Å². The van der Waals surface area contributed by atoms with E-state index in [4.69, 9.17) is 0 Å². The quantitative estimate of drug-likeness (QED) is 0.884. The molecule has 1 N–H and O–H groups in total. The standard InChI is InChI=1S/C12H19F3N2S/c1-8-9(2)18-10(17-8)11(3,16-4)6-5-7-12(13,14)15/h16H,5-7H2,1-4H3. The predicted octanol–water partition coefficient (Wildman–Crippen LogP) is 3.93. The fourth-order valence-corrected chi connectivity index (χ4v) is 2.79. The molecule has 1 heterocycles. The van der Waals surface area contributed by atoms with E-state index in [0.717, 1.165) is 15.6 Å². The second-order valence-corrected chi connectivity index (χ2v) is 5.91. The Morgan fingerprint density at radius 3 is 2.22 bits per heavy atom. The summed E-state index contributed by atoms with van der Waals surface area (Å²) in [6.07, 6.45) is -4.29. The normalized spacial score (nSPS) is 15.7. The molecule has 1 rings (SSSR count). The highest BCUT2D eigenvalue weighted by Crippen LogP contribution is 2.33. The molecule has 1 aromatic rings. The number of halogens is 3. The van der Waals surface area contributed by atoms with E-state index in [9.17, 15) is 13.2 Å². The molecule has 18 heavy (non-hydrogen) atoms. The molecule has 0 aliphatic heterocycles. The van der Waals surface area contributed by atoms with Crippen LogP contribution in [0.2, 0.25) is 0 Å². The van der Waals surface area contributed by atoms with Crippen LogP contribution >= 0.6 is 11.3 Å². The van der Waals surface area contributed by atoms with Crippen LogP contribution in [-0.4, -0.2) is 18.2 Å². The number of nitrogens with one attached hydrogen (secondary N) is 1. The topological polar surface area (TPSA) is 24.9 Å². The molecule has 1 atom stereocenters. The average molecular weight is 280 g/mol. The number of aromatic nitrogens is 1. The third kappa shape index (κ3) is 3.95. The molecule has 0 bridgehead atoms. The summed E-state index contributed by atoms with van der Waals surface area (Å²) in [7, 11) is 1.76. The number of hydrogen-bond donors (Lipinski definition) is 1. The molecule has 0 radical (unpaired) electrons. The van der Waals surface area contributed by atoms with Crippen molar-refractivity contribution in [1.29, 1.82) is 0 Å². The molecule has 0 aliphatic rings. The zero-order valence-corrected chi connectivity index (χ0v) is 11.9. The van der Waals surface area contributed by atoms with E-state index in [0.29, 0.717) is 6.42 Å². The minimum Gasteiger partial charge on any atom is -0.309 e. The molecule has 0 spiro atoms. The van der Waals surface area contributed by atoms with E-state index in [1.807, 2.05) is 20.8 Å². The van der Waals surface area contributed by atoms with E-state index in [1.54, 1.807) is 18.4 Å². The first-order chi connectivity index (χ1) is 8.18. The Kier molecular flexibility index (Phi) is 4.78. The predicted molar refractivity (Wildman–Crippen MR) is 67.9 cm³/mol. The molecule has 1 aromatic heterocycles.